The molecule has 132 valence electrons. The van der Waals surface area contributed by atoms with Crippen molar-refractivity contribution in [3.05, 3.63) is 29.8 Å². The number of carboxylic acids is 1. The predicted octanol–water partition coefficient (Wildman–Crippen LogP) is 0.204. The number of hydrogen-bond donors (Lipinski definition) is 3. The molecular weight excluding hydrogens is 336 g/mol. The van der Waals surface area contributed by atoms with Crippen LogP contribution in [0.4, 0.5) is 0 Å². The number of amides is 1. The highest BCUT2D eigenvalue weighted by molar-refractivity contribution is 7.89. The van der Waals surface area contributed by atoms with E-state index in [1.807, 2.05) is 0 Å². The molecule has 8 nitrogen and oxygen atoms in total. The van der Waals surface area contributed by atoms with Crippen LogP contribution in [0.5, 0.6) is 0 Å². The lowest BCUT2D eigenvalue weighted by atomic mass is 9.80. The molecule has 0 saturated heterocycles. The molecule has 0 atom stereocenters. The van der Waals surface area contributed by atoms with Gasteiger partial charge in [0.2, 0.25) is 10.0 Å². The molecule has 2 rings (SSSR count). The van der Waals surface area contributed by atoms with Crippen LogP contribution in [0.2, 0.25) is 0 Å². The fourth-order valence-corrected chi connectivity index (χ4v) is 3.37. The number of ether oxygens (including phenoxy) is 1. The Kier molecular flexibility index (Phi) is 5.92. The van der Waals surface area contributed by atoms with Crippen molar-refractivity contribution in [2.45, 2.75) is 23.8 Å². The van der Waals surface area contributed by atoms with Crippen LogP contribution in [0.15, 0.2) is 29.2 Å². The van der Waals surface area contributed by atoms with Crippen molar-refractivity contribution in [2.24, 2.45) is 5.92 Å². The number of carbonyl (C=O) groups excluding carboxylic acids is 1. The van der Waals surface area contributed by atoms with Gasteiger partial charge in [0.05, 0.1) is 17.4 Å². The van der Waals surface area contributed by atoms with Gasteiger partial charge >= 0.3 is 5.97 Å². The zero-order valence-corrected chi connectivity index (χ0v) is 14.0. The summed E-state index contributed by atoms with van der Waals surface area (Å²) in [6.45, 7) is 0.423. The van der Waals surface area contributed by atoms with Crippen LogP contribution >= 0.6 is 0 Å². The van der Waals surface area contributed by atoms with Gasteiger partial charge in [-0.2, -0.15) is 0 Å². The highest BCUT2D eigenvalue weighted by Crippen LogP contribution is 2.27. The Bertz CT molecular complexity index is 695. The minimum atomic E-state index is -3.64. The van der Waals surface area contributed by atoms with Gasteiger partial charge < -0.3 is 15.2 Å². The largest absolute Gasteiger partial charge is 0.481 e. The Balaban J connectivity index is 1.92. The van der Waals surface area contributed by atoms with Crippen molar-refractivity contribution in [3.63, 3.8) is 0 Å². The molecule has 0 heterocycles. The van der Waals surface area contributed by atoms with Gasteiger partial charge in [-0.1, -0.05) is 0 Å². The van der Waals surface area contributed by atoms with E-state index in [2.05, 4.69) is 10.0 Å². The molecule has 1 saturated carbocycles. The molecule has 9 heteroatoms. The number of benzene rings is 1. The van der Waals surface area contributed by atoms with E-state index in [0.717, 1.165) is 0 Å². The Morgan fingerprint density at radius 1 is 1.25 bits per heavy atom. The molecule has 1 aliphatic rings. The summed E-state index contributed by atoms with van der Waals surface area (Å²) in [6, 6.07) is 5.40. The minimum absolute atomic E-state index is 0.0599. The van der Waals surface area contributed by atoms with Crippen LogP contribution in [-0.4, -0.2) is 51.7 Å². The Morgan fingerprint density at radius 2 is 1.88 bits per heavy atom. The zero-order chi connectivity index (χ0) is 17.7. The van der Waals surface area contributed by atoms with Crippen LogP contribution in [0, 0.1) is 5.92 Å². The molecule has 0 aliphatic heterocycles. The summed E-state index contributed by atoms with van der Waals surface area (Å²) in [4.78, 5) is 22.8. The van der Waals surface area contributed by atoms with Gasteiger partial charge in [-0.15, -0.1) is 0 Å². The quantitative estimate of drug-likeness (QED) is 0.572. The molecule has 24 heavy (non-hydrogen) atoms. The summed E-state index contributed by atoms with van der Waals surface area (Å²) >= 11 is 0. The van der Waals surface area contributed by atoms with Gasteiger partial charge in [0.25, 0.3) is 5.91 Å². The summed E-state index contributed by atoms with van der Waals surface area (Å²) < 4.78 is 31.2. The fraction of sp³-hybridized carbons (Fsp3) is 0.467. The second-order valence-electron chi connectivity index (χ2n) is 5.59. The highest BCUT2D eigenvalue weighted by Gasteiger charge is 2.35. The number of aliphatic carboxylic acids is 1. The van der Waals surface area contributed by atoms with Crippen molar-refractivity contribution in [3.8, 4) is 0 Å². The molecule has 1 fully saturated rings. The summed E-state index contributed by atoms with van der Waals surface area (Å²) in [5.41, 5.74) is 0.324. The number of rotatable bonds is 8. The van der Waals surface area contributed by atoms with E-state index in [4.69, 9.17) is 9.84 Å². The zero-order valence-electron chi connectivity index (χ0n) is 13.2. The number of methoxy groups -OCH3 is 1. The van der Waals surface area contributed by atoms with Crippen molar-refractivity contribution in [2.75, 3.05) is 20.3 Å². The van der Waals surface area contributed by atoms with Crippen LogP contribution in [0.3, 0.4) is 0 Å². The van der Waals surface area contributed by atoms with Crippen molar-refractivity contribution in [1.82, 2.24) is 10.0 Å². The second kappa shape index (κ2) is 7.73. The van der Waals surface area contributed by atoms with E-state index in [9.17, 15) is 18.0 Å². The molecule has 3 N–H and O–H groups in total. The molecule has 1 aromatic rings. The van der Waals surface area contributed by atoms with Gasteiger partial charge in [-0.3, -0.25) is 9.59 Å². The van der Waals surface area contributed by atoms with Crippen LogP contribution in [0.25, 0.3) is 0 Å². The third-order valence-corrected chi connectivity index (χ3v) is 5.32. The number of sulfonamides is 1. The topological polar surface area (TPSA) is 122 Å². The minimum Gasteiger partial charge on any atom is -0.481 e. The standard InChI is InChI=1S/C15H20N2O6S/c1-23-7-6-16-24(21,22)13-4-2-10(3-5-13)14(18)17-12-8-11(9-12)15(19)20/h2-5,11-12,16H,6-9H2,1H3,(H,17,18)(H,19,20). The van der Waals surface area contributed by atoms with Gasteiger partial charge in [0, 0.05) is 25.3 Å². The maximum absolute atomic E-state index is 12.1. The number of nitrogens with one attached hydrogen (secondary N) is 2. The summed E-state index contributed by atoms with van der Waals surface area (Å²) in [5.74, 6) is -1.60. The first-order valence-electron chi connectivity index (χ1n) is 7.46. The number of carboxylic acid groups (broad SMARTS) is 1. The van der Waals surface area contributed by atoms with Gasteiger partial charge in [0.1, 0.15) is 0 Å². The van der Waals surface area contributed by atoms with Crippen LogP contribution in [-0.2, 0) is 19.6 Å². The van der Waals surface area contributed by atoms with E-state index in [0.29, 0.717) is 18.4 Å². The first-order valence-corrected chi connectivity index (χ1v) is 8.94. The lowest BCUT2D eigenvalue weighted by Crippen LogP contribution is -2.46. The number of carbonyl (C=O) groups is 2. The van der Waals surface area contributed by atoms with Gasteiger partial charge in [-0.25, -0.2) is 13.1 Å². The van der Waals surface area contributed by atoms with Crippen molar-refractivity contribution in [1.29, 1.82) is 0 Å². The molecule has 0 unspecified atom stereocenters. The van der Waals surface area contributed by atoms with E-state index in [-0.39, 0.29) is 30.0 Å². The smallest absolute Gasteiger partial charge is 0.306 e. The molecular formula is C15H20N2O6S. The van der Waals surface area contributed by atoms with Gasteiger partial charge in [0.15, 0.2) is 0 Å². The van der Waals surface area contributed by atoms with E-state index >= 15 is 0 Å². The predicted molar refractivity (Wildman–Crippen MR) is 85.1 cm³/mol. The van der Waals surface area contributed by atoms with Crippen LogP contribution in [0.1, 0.15) is 23.2 Å². The summed E-state index contributed by atoms with van der Waals surface area (Å²) in [5, 5.41) is 11.5. The molecule has 0 radical (unpaired) electrons. The maximum atomic E-state index is 12.1. The normalized spacial score (nSPS) is 20.2. The lowest BCUT2D eigenvalue weighted by Gasteiger charge is -2.32. The average Bonchev–Trinajstić information content (AvgIpc) is 2.50. The molecule has 0 aromatic heterocycles. The fourth-order valence-electron chi connectivity index (χ4n) is 2.35. The maximum Gasteiger partial charge on any atom is 0.306 e. The van der Waals surface area contributed by atoms with Crippen molar-refractivity contribution >= 4 is 21.9 Å². The molecule has 1 aromatic carbocycles. The molecule has 0 spiro atoms. The van der Waals surface area contributed by atoms with E-state index in [1.165, 1.54) is 31.4 Å². The highest BCUT2D eigenvalue weighted by atomic mass is 32.2. The first kappa shape index (κ1) is 18.4. The second-order valence-corrected chi connectivity index (χ2v) is 7.36. The van der Waals surface area contributed by atoms with E-state index < -0.39 is 21.9 Å². The van der Waals surface area contributed by atoms with Crippen molar-refractivity contribution < 1.29 is 27.9 Å². The monoisotopic (exact) mass is 356 g/mol. The first-order chi connectivity index (χ1) is 11.3. The Labute approximate surface area is 140 Å². The third kappa shape index (κ3) is 4.53. The number of hydrogen-bond acceptors (Lipinski definition) is 5. The summed E-state index contributed by atoms with van der Waals surface area (Å²) in [7, 11) is -2.16. The summed E-state index contributed by atoms with van der Waals surface area (Å²) in [6.07, 6.45) is 0.827. The lowest BCUT2D eigenvalue weighted by molar-refractivity contribution is -0.145. The SMILES string of the molecule is COCCNS(=O)(=O)c1ccc(C(=O)NC2CC(C(=O)O)C2)cc1. The Hall–Kier alpha value is -1.97. The Morgan fingerprint density at radius 3 is 2.42 bits per heavy atom. The van der Waals surface area contributed by atoms with Gasteiger partial charge in [-0.05, 0) is 37.1 Å². The van der Waals surface area contributed by atoms with E-state index in [1.54, 1.807) is 0 Å². The average molecular weight is 356 g/mol. The van der Waals surface area contributed by atoms with Crippen LogP contribution < -0.4 is 10.0 Å². The molecule has 1 aliphatic carbocycles. The molecule has 0 bridgehead atoms. The molecule has 1 amide bonds. The third-order valence-electron chi connectivity index (χ3n) is 3.85.